The monoisotopic (exact) mass is 290 g/mol. The fraction of sp³-hybridized carbons (Fsp3) is 0.667. The molecule has 4 nitrogen and oxygen atoms in total. The molecule has 2 N–H and O–H groups in total. The van der Waals surface area contributed by atoms with E-state index in [0.29, 0.717) is 11.4 Å². The van der Waals surface area contributed by atoms with Crippen LogP contribution in [0.4, 0.5) is 0 Å². The molecule has 1 rings (SSSR count). The standard InChI is InChI=1S/C12H22N2O2S2/c1-6-12(3,4)14(5)18(15,16)11-7-10(8-13)17-9(11)2/h7H,6,8,13H2,1-5H3. The predicted octanol–water partition coefficient (Wildman–Crippen LogP) is 2.32. The maximum atomic E-state index is 12.6. The molecule has 0 amide bonds. The molecule has 0 saturated heterocycles. The van der Waals surface area contributed by atoms with Crippen LogP contribution in [0.15, 0.2) is 11.0 Å². The molecule has 0 spiro atoms. The molecular formula is C12H22N2O2S2. The van der Waals surface area contributed by atoms with Crippen LogP contribution in [-0.2, 0) is 16.6 Å². The molecular weight excluding hydrogens is 268 g/mol. The molecule has 0 atom stereocenters. The first kappa shape index (κ1) is 15.6. The Morgan fingerprint density at radius 2 is 2.00 bits per heavy atom. The van der Waals surface area contributed by atoms with Crippen molar-refractivity contribution in [3.8, 4) is 0 Å². The van der Waals surface area contributed by atoms with E-state index in [2.05, 4.69) is 0 Å². The first-order chi connectivity index (χ1) is 8.16. The largest absolute Gasteiger partial charge is 0.326 e. The summed E-state index contributed by atoms with van der Waals surface area (Å²) in [5.41, 5.74) is 5.17. The molecule has 0 bridgehead atoms. The highest BCUT2D eigenvalue weighted by Crippen LogP contribution is 2.31. The third-order valence-corrected chi connectivity index (χ3v) is 6.88. The molecule has 104 valence electrons. The van der Waals surface area contributed by atoms with E-state index in [0.717, 1.165) is 16.2 Å². The lowest BCUT2D eigenvalue weighted by Crippen LogP contribution is -2.44. The van der Waals surface area contributed by atoms with Crippen molar-refractivity contribution in [1.82, 2.24) is 4.31 Å². The van der Waals surface area contributed by atoms with E-state index < -0.39 is 15.6 Å². The minimum absolute atomic E-state index is 0.377. The van der Waals surface area contributed by atoms with Crippen LogP contribution < -0.4 is 5.73 Å². The van der Waals surface area contributed by atoms with E-state index in [4.69, 9.17) is 5.73 Å². The van der Waals surface area contributed by atoms with Crippen molar-refractivity contribution in [2.75, 3.05) is 7.05 Å². The van der Waals surface area contributed by atoms with E-state index in [9.17, 15) is 8.42 Å². The van der Waals surface area contributed by atoms with Gasteiger partial charge >= 0.3 is 0 Å². The summed E-state index contributed by atoms with van der Waals surface area (Å²) >= 11 is 1.45. The molecule has 1 aromatic heterocycles. The van der Waals surface area contributed by atoms with Gasteiger partial charge in [-0.05, 0) is 33.3 Å². The quantitative estimate of drug-likeness (QED) is 0.905. The summed E-state index contributed by atoms with van der Waals surface area (Å²) in [6, 6.07) is 1.69. The normalized spacial score (nSPS) is 13.3. The van der Waals surface area contributed by atoms with Gasteiger partial charge in [0, 0.05) is 28.9 Å². The second-order valence-corrected chi connectivity index (χ2v) is 8.25. The zero-order valence-electron chi connectivity index (χ0n) is 11.6. The van der Waals surface area contributed by atoms with Crippen LogP contribution >= 0.6 is 11.3 Å². The lowest BCUT2D eigenvalue weighted by Gasteiger charge is -2.33. The number of rotatable bonds is 5. The minimum atomic E-state index is -3.44. The molecule has 0 aliphatic heterocycles. The molecule has 0 unspecified atom stereocenters. The average Bonchev–Trinajstić information content (AvgIpc) is 2.70. The summed E-state index contributed by atoms with van der Waals surface area (Å²) in [7, 11) is -1.80. The van der Waals surface area contributed by atoms with Crippen molar-refractivity contribution in [3.63, 3.8) is 0 Å². The van der Waals surface area contributed by atoms with Gasteiger partial charge in [0.1, 0.15) is 0 Å². The SMILES string of the molecule is CCC(C)(C)N(C)S(=O)(=O)c1cc(CN)sc1C. The van der Waals surface area contributed by atoms with E-state index in [-0.39, 0.29) is 0 Å². The smallest absolute Gasteiger partial charge is 0.244 e. The van der Waals surface area contributed by atoms with E-state index >= 15 is 0 Å². The van der Waals surface area contributed by atoms with Gasteiger partial charge in [0.2, 0.25) is 10.0 Å². The van der Waals surface area contributed by atoms with Crippen LogP contribution in [0, 0.1) is 6.92 Å². The molecule has 0 fully saturated rings. The van der Waals surface area contributed by atoms with Crippen LogP contribution in [0.2, 0.25) is 0 Å². The highest BCUT2D eigenvalue weighted by atomic mass is 32.2. The number of hydrogen-bond donors (Lipinski definition) is 1. The molecule has 0 radical (unpaired) electrons. The van der Waals surface area contributed by atoms with Crippen molar-refractivity contribution in [1.29, 1.82) is 0 Å². The molecule has 1 heterocycles. The lowest BCUT2D eigenvalue weighted by atomic mass is 10.0. The van der Waals surface area contributed by atoms with Gasteiger partial charge in [-0.15, -0.1) is 11.3 Å². The molecule has 18 heavy (non-hydrogen) atoms. The Kier molecular flexibility index (Phi) is 4.59. The zero-order valence-corrected chi connectivity index (χ0v) is 13.3. The van der Waals surface area contributed by atoms with E-state index in [1.54, 1.807) is 13.1 Å². The van der Waals surface area contributed by atoms with Crippen LogP contribution in [0.25, 0.3) is 0 Å². The van der Waals surface area contributed by atoms with Crippen LogP contribution in [-0.4, -0.2) is 25.3 Å². The van der Waals surface area contributed by atoms with Gasteiger partial charge in [-0.2, -0.15) is 4.31 Å². The Bertz CT molecular complexity index is 518. The number of nitrogens with two attached hydrogens (primary N) is 1. The number of hydrogen-bond acceptors (Lipinski definition) is 4. The van der Waals surface area contributed by atoms with Gasteiger partial charge in [0.05, 0.1) is 4.90 Å². The van der Waals surface area contributed by atoms with E-state index in [1.165, 1.54) is 15.6 Å². The summed E-state index contributed by atoms with van der Waals surface area (Å²) in [6.45, 7) is 8.04. The highest BCUT2D eigenvalue weighted by Gasteiger charge is 2.34. The summed E-state index contributed by atoms with van der Waals surface area (Å²) < 4.78 is 26.6. The third kappa shape index (κ3) is 2.77. The zero-order chi connectivity index (χ0) is 14.1. The minimum Gasteiger partial charge on any atom is -0.326 e. The number of aryl methyl sites for hydroxylation is 1. The van der Waals surface area contributed by atoms with Crippen molar-refractivity contribution in [3.05, 3.63) is 15.8 Å². The predicted molar refractivity (Wildman–Crippen MR) is 76.3 cm³/mol. The summed E-state index contributed by atoms with van der Waals surface area (Å²) in [5, 5.41) is 0. The number of nitrogens with zero attached hydrogens (tertiary/aromatic N) is 1. The van der Waals surface area contributed by atoms with Gasteiger partial charge in [0.25, 0.3) is 0 Å². The number of sulfonamides is 1. The maximum absolute atomic E-state index is 12.6. The Hall–Kier alpha value is -0.430. The molecule has 1 aromatic rings. The van der Waals surface area contributed by atoms with Crippen LogP contribution in [0.5, 0.6) is 0 Å². The van der Waals surface area contributed by atoms with Gasteiger partial charge in [-0.1, -0.05) is 6.92 Å². The van der Waals surface area contributed by atoms with Gasteiger partial charge in [-0.3, -0.25) is 0 Å². The first-order valence-corrected chi connectivity index (χ1v) is 8.21. The first-order valence-electron chi connectivity index (χ1n) is 5.95. The second kappa shape index (κ2) is 5.28. The molecule has 0 aliphatic carbocycles. The fourth-order valence-electron chi connectivity index (χ4n) is 1.58. The summed E-state index contributed by atoms with van der Waals surface area (Å²) in [5.74, 6) is 0. The Labute approximate surface area is 114 Å². The molecule has 0 aromatic carbocycles. The topological polar surface area (TPSA) is 63.4 Å². The maximum Gasteiger partial charge on any atom is 0.244 e. The highest BCUT2D eigenvalue weighted by molar-refractivity contribution is 7.89. The van der Waals surface area contributed by atoms with Crippen LogP contribution in [0.3, 0.4) is 0 Å². The van der Waals surface area contributed by atoms with E-state index in [1.807, 2.05) is 27.7 Å². The molecule has 0 aliphatic rings. The molecule has 0 saturated carbocycles. The summed E-state index contributed by atoms with van der Waals surface area (Å²) in [4.78, 5) is 2.08. The second-order valence-electron chi connectivity index (χ2n) is 4.98. The fourth-order valence-corrected chi connectivity index (χ4v) is 4.63. The van der Waals surface area contributed by atoms with Gasteiger partial charge < -0.3 is 5.73 Å². The third-order valence-electron chi connectivity index (χ3n) is 3.48. The van der Waals surface area contributed by atoms with Crippen molar-refractivity contribution < 1.29 is 8.42 Å². The van der Waals surface area contributed by atoms with Crippen molar-refractivity contribution in [2.24, 2.45) is 5.73 Å². The van der Waals surface area contributed by atoms with Gasteiger partial charge in [0.15, 0.2) is 0 Å². The molecule has 6 heteroatoms. The Balaban J connectivity index is 3.25. The Morgan fingerprint density at radius 3 is 2.39 bits per heavy atom. The lowest BCUT2D eigenvalue weighted by molar-refractivity contribution is 0.257. The number of thiophene rings is 1. The Morgan fingerprint density at radius 1 is 1.44 bits per heavy atom. The summed E-state index contributed by atoms with van der Waals surface area (Å²) in [6.07, 6.45) is 0.760. The van der Waals surface area contributed by atoms with Crippen molar-refractivity contribution >= 4 is 21.4 Å². The average molecular weight is 290 g/mol. The van der Waals surface area contributed by atoms with Gasteiger partial charge in [-0.25, -0.2) is 8.42 Å². The van der Waals surface area contributed by atoms with Crippen LogP contribution in [0.1, 0.15) is 36.9 Å². The van der Waals surface area contributed by atoms with Crippen molar-refractivity contribution in [2.45, 2.75) is 51.1 Å².